The lowest BCUT2D eigenvalue weighted by atomic mass is 10.2. The minimum Gasteiger partial charge on any atom is -0.444 e. The molecule has 8 heteroatoms. The van der Waals surface area contributed by atoms with Crippen LogP contribution >= 0.6 is 11.3 Å². The average molecular weight is 410 g/mol. The number of aliphatic imine (C=N–C) groups is 1. The summed E-state index contributed by atoms with van der Waals surface area (Å²) in [5, 5.41) is 7.48. The number of carbonyl (C=O) groups excluding carboxylic acids is 1. The third-order valence-electron chi connectivity index (χ3n) is 4.40. The number of likely N-dealkylation sites (tertiary alicyclic amines) is 1. The minimum atomic E-state index is -0.482. The maximum absolute atomic E-state index is 12.0. The number of guanidine groups is 1. The molecule has 1 fully saturated rings. The van der Waals surface area contributed by atoms with E-state index in [1.54, 1.807) is 11.3 Å². The molecular formula is C20H35N5O2S. The van der Waals surface area contributed by atoms with Gasteiger partial charge in [0, 0.05) is 37.5 Å². The summed E-state index contributed by atoms with van der Waals surface area (Å²) in [5.41, 5.74) is 0.719. The molecule has 158 valence electrons. The number of nitrogens with one attached hydrogen (secondary N) is 2. The van der Waals surface area contributed by atoms with Crippen LogP contribution in [0.3, 0.4) is 0 Å². The van der Waals surface area contributed by atoms with Crippen LogP contribution in [0.4, 0.5) is 4.79 Å². The van der Waals surface area contributed by atoms with Gasteiger partial charge in [-0.3, -0.25) is 4.99 Å². The number of hydrogen-bond acceptors (Lipinski definition) is 5. The Bertz CT molecular complexity index is 681. The molecule has 1 atom stereocenters. The number of hydrogen-bond donors (Lipinski definition) is 2. The predicted molar refractivity (Wildman–Crippen MR) is 115 cm³/mol. The van der Waals surface area contributed by atoms with E-state index in [1.807, 2.05) is 20.8 Å². The van der Waals surface area contributed by atoms with Crippen LogP contribution in [0, 0.1) is 6.92 Å². The quantitative estimate of drug-likeness (QED) is 0.557. The number of nitrogens with zero attached hydrogens (tertiary/aromatic N) is 3. The molecule has 0 aliphatic carbocycles. The number of rotatable bonds is 6. The van der Waals surface area contributed by atoms with Crippen molar-refractivity contribution in [3.8, 4) is 0 Å². The van der Waals surface area contributed by atoms with Gasteiger partial charge in [0.15, 0.2) is 5.96 Å². The van der Waals surface area contributed by atoms with Crippen molar-refractivity contribution in [2.45, 2.75) is 72.4 Å². The molecule has 2 heterocycles. The van der Waals surface area contributed by atoms with E-state index in [-0.39, 0.29) is 12.1 Å². The van der Waals surface area contributed by atoms with E-state index in [1.165, 1.54) is 10.6 Å². The van der Waals surface area contributed by atoms with E-state index in [0.29, 0.717) is 6.54 Å². The fourth-order valence-corrected chi connectivity index (χ4v) is 4.16. The van der Waals surface area contributed by atoms with Gasteiger partial charge in [-0.2, -0.15) is 0 Å². The molecule has 1 unspecified atom stereocenters. The number of alkyl carbamates (subject to hydrolysis) is 1. The van der Waals surface area contributed by atoms with Crippen LogP contribution in [-0.4, -0.2) is 59.8 Å². The summed E-state index contributed by atoms with van der Waals surface area (Å²) in [6.45, 7) is 15.1. The molecule has 1 aliphatic rings. The number of ether oxygens (including phenoxy) is 1. The van der Waals surface area contributed by atoms with Gasteiger partial charge in [-0.25, -0.2) is 9.78 Å². The van der Waals surface area contributed by atoms with Crippen LogP contribution in [0.5, 0.6) is 0 Å². The average Bonchev–Trinajstić information content (AvgIpc) is 3.18. The largest absolute Gasteiger partial charge is 0.444 e. The zero-order valence-electron chi connectivity index (χ0n) is 18.1. The number of aromatic nitrogens is 1. The summed E-state index contributed by atoms with van der Waals surface area (Å²) in [5.74, 6) is 0.903. The van der Waals surface area contributed by atoms with E-state index >= 15 is 0 Å². The first-order valence-corrected chi connectivity index (χ1v) is 11.0. The van der Waals surface area contributed by atoms with Crippen LogP contribution in [0.15, 0.2) is 4.99 Å². The monoisotopic (exact) mass is 409 g/mol. The minimum absolute atomic E-state index is 0.0763. The van der Waals surface area contributed by atoms with Crippen LogP contribution < -0.4 is 10.6 Å². The second kappa shape index (κ2) is 10.1. The van der Waals surface area contributed by atoms with Gasteiger partial charge in [0.25, 0.3) is 0 Å². The van der Waals surface area contributed by atoms with Gasteiger partial charge in [0.1, 0.15) is 5.60 Å². The number of amides is 1. The van der Waals surface area contributed by atoms with Crippen molar-refractivity contribution in [3.63, 3.8) is 0 Å². The predicted octanol–water partition coefficient (Wildman–Crippen LogP) is 3.12. The summed E-state index contributed by atoms with van der Waals surface area (Å²) in [4.78, 5) is 25.0. The van der Waals surface area contributed by atoms with E-state index in [4.69, 9.17) is 14.7 Å². The molecule has 1 aromatic rings. The molecular weight excluding hydrogens is 374 g/mol. The third-order valence-corrected chi connectivity index (χ3v) is 5.48. The van der Waals surface area contributed by atoms with Crippen molar-refractivity contribution in [2.24, 2.45) is 4.99 Å². The molecule has 1 saturated heterocycles. The molecule has 2 rings (SSSR count). The highest BCUT2D eigenvalue weighted by molar-refractivity contribution is 7.11. The van der Waals surface area contributed by atoms with Crippen LogP contribution in [0.25, 0.3) is 0 Å². The molecule has 1 amide bonds. The third kappa shape index (κ3) is 6.96. The first-order valence-electron chi connectivity index (χ1n) is 10.2. The maximum atomic E-state index is 12.0. The summed E-state index contributed by atoms with van der Waals surface area (Å²) in [6.07, 6.45) is 2.36. The number of carbonyl (C=O) groups is 1. The van der Waals surface area contributed by atoms with E-state index in [9.17, 15) is 4.79 Å². The highest BCUT2D eigenvalue weighted by atomic mass is 32.1. The van der Waals surface area contributed by atoms with Crippen LogP contribution in [0.1, 0.15) is 56.6 Å². The topological polar surface area (TPSA) is 78.9 Å². The van der Waals surface area contributed by atoms with Gasteiger partial charge in [-0.15, -0.1) is 11.3 Å². The van der Waals surface area contributed by atoms with Crippen LogP contribution in [-0.2, 0) is 17.6 Å². The second-order valence-corrected chi connectivity index (χ2v) is 9.32. The van der Waals surface area contributed by atoms with Gasteiger partial charge in [0.05, 0.1) is 16.7 Å². The van der Waals surface area contributed by atoms with Gasteiger partial charge in [-0.1, -0.05) is 6.92 Å². The van der Waals surface area contributed by atoms with Gasteiger partial charge in [-0.05, 0) is 47.5 Å². The molecule has 1 aliphatic heterocycles. The van der Waals surface area contributed by atoms with Crippen LogP contribution in [0.2, 0.25) is 0 Å². The van der Waals surface area contributed by atoms with E-state index < -0.39 is 5.60 Å². The highest BCUT2D eigenvalue weighted by Crippen LogP contribution is 2.18. The van der Waals surface area contributed by atoms with Crippen molar-refractivity contribution in [3.05, 3.63) is 15.6 Å². The normalized spacial score (nSPS) is 17.7. The van der Waals surface area contributed by atoms with Crippen molar-refractivity contribution < 1.29 is 9.53 Å². The Labute approximate surface area is 173 Å². The standard InChI is InChI=1S/C20H35N5O2S/c1-7-16-14(3)28-17(24-16)9-11-22-18(21-8-2)25-12-10-15(13-25)23-19(26)27-20(4,5)6/h15H,7-13H2,1-6H3,(H,21,22)(H,23,26). The fourth-order valence-electron chi connectivity index (χ4n) is 3.15. The van der Waals surface area contributed by atoms with Gasteiger partial charge >= 0.3 is 6.09 Å². The van der Waals surface area contributed by atoms with E-state index in [0.717, 1.165) is 49.9 Å². The van der Waals surface area contributed by atoms with Crippen molar-refractivity contribution >= 4 is 23.4 Å². The summed E-state index contributed by atoms with van der Waals surface area (Å²) in [6, 6.07) is 0.0763. The maximum Gasteiger partial charge on any atom is 0.407 e. The van der Waals surface area contributed by atoms with Gasteiger partial charge in [0.2, 0.25) is 0 Å². The summed E-state index contributed by atoms with van der Waals surface area (Å²) >= 11 is 1.77. The van der Waals surface area contributed by atoms with Crippen molar-refractivity contribution in [2.75, 3.05) is 26.2 Å². The Balaban J connectivity index is 1.88. The first-order chi connectivity index (χ1) is 13.2. The Morgan fingerprint density at radius 1 is 1.39 bits per heavy atom. The Kier molecular flexibility index (Phi) is 8.10. The first kappa shape index (κ1) is 22.5. The second-order valence-electron chi connectivity index (χ2n) is 8.03. The molecule has 0 spiro atoms. The molecule has 7 nitrogen and oxygen atoms in total. The number of thiazole rings is 1. The summed E-state index contributed by atoms with van der Waals surface area (Å²) in [7, 11) is 0. The fraction of sp³-hybridized carbons (Fsp3) is 0.750. The number of aryl methyl sites for hydroxylation is 2. The Morgan fingerprint density at radius 2 is 2.14 bits per heavy atom. The molecule has 0 aromatic carbocycles. The molecule has 2 N–H and O–H groups in total. The summed E-state index contributed by atoms with van der Waals surface area (Å²) < 4.78 is 5.36. The van der Waals surface area contributed by atoms with E-state index in [2.05, 4.69) is 36.3 Å². The smallest absolute Gasteiger partial charge is 0.407 e. The molecule has 0 bridgehead atoms. The lowest BCUT2D eigenvalue weighted by molar-refractivity contribution is 0.0507. The lowest BCUT2D eigenvalue weighted by Gasteiger charge is -2.23. The molecule has 1 aromatic heterocycles. The lowest BCUT2D eigenvalue weighted by Crippen LogP contribution is -2.44. The highest BCUT2D eigenvalue weighted by Gasteiger charge is 2.27. The van der Waals surface area contributed by atoms with Crippen molar-refractivity contribution in [1.29, 1.82) is 0 Å². The van der Waals surface area contributed by atoms with Crippen molar-refractivity contribution in [1.82, 2.24) is 20.5 Å². The zero-order chi connectivity index (χ0) is 20.7. The zero-order valence-corrected chi connectivity index (χ0v) is 18.9. The SMILES string of the molecule is CCNC(=NCCc1nc(CC)c(C)s1)N1CCC(NC(=O)OC(C)(C)C)C1. The molecule has 0 saturated carbocycles. The van der Waals surface area contributed by atoms with Gasteiger partial charge < -0.3 is 20.3 Å². The Hall–Kier alpha value is -1.83. The molecule has 28 heavy (non-hydrogen) atoms. The Morgan fingerprint density at radius 3 is 2.75 bits per heavy atom. The molecule has 0 radical (unpaired) electrons.